The third kappa shape index (κ3) is 4.16. The van der Waals surface area contributed by atoms with Gasteiger partial charge in [-0.3, -0.25) is 15.4 Å². The zero-order chi connectivity index (χ0) is 21.3. The predicted molar refractivity (Wildman–Crippen MR) is 111 cm³/mol. The molecule has 0 radical (unpaired) electrons. The first-order chi connectivity index (χ1) is 14.3. The number of nitrogens with one attached hydrogen (secondary N) is 2. The lowest BCUT2D eigenvalue weighted by Crippen LogP contribution is -2.36. The van der Waals surface area contributed by atoms with Gasteiger partial charge in [0.2, 0.25) is 10.0 Å². The van der Waals surface area contributed by atoms with Crippen LogP contribution in [0.1, 0.15) is 36.3 Å². The third-order valence-corrected chi connectivity index (χ3v) is 8.18. The fourth-order valence-electron chi connectivity index (χ4n) is 3.78. The number of urea groups is 1. The molecule has 4 rings (SSSR count). The van der Waals surface area contributed by atoms with Gasteiger partial charge in [0.05, 0.1) is 17.2 Å². The minimum absolute atomic E-state index is 0.0628. The smallest absolute Gasteiger partial charge is 0.321 e. The van der Waals surface area contributed by atoms with E-state index in [0.717, 1.165) is 36.3 Å². The molecule has 1 aliphatic carbocycles. The number of rotatable bonds is 5. The van der Waals surface area contributed by atoms with Crippen LogP contribution in [-0.2, 0) is 23.0 Å². The topological polar surface area (TPSA) is 135 Å². The number of anilines is 1. The van der Waals surface area contributed by atoms with Crippen molar-refractivity contribution in [2.75, 3.05) is 11.9 Å². The molecule has 10 nitrogen and oxygen atoms in total. The Morgan fingerprint density at radius 2 is 2.00 bits per heavy atom. The van der Waals surface area contributed by atoms with Crippen molar-refractivity contribution in [3.05, 3.63) is 45.0 Å². The number of aromatic nitrogens is 1. The van der Waals surface area contributed by atoms with Gasteiger partial charge in [0.15, 0.2) is 10.0 Å². The molecule has 160 valence electrons. The van der Waals surface area contributed by atoms with Crippen LogP contribution in [0.15, 0.2) is 29.2 Å². The number of para-hydroxylation sites is 1. The van der Waals surface area contributed by atoms with E-state index in [4.69, 9.17) is 0 Å². The second-order valence-electron chi connectivity index (χ2n) is 7.28. The lowest BCUT2D eigenvalue weighted by Gasteiger charge is -2.25. The minimum Gasteiger partial charge on any atom is -0.335 e. The zero-order valence-electron chi connectivity index (χ0n) is 16.0. The Balaban J connectivity index is 1.48. The van der Waals surface area contributed by atoms with E-state index in [2.05, 4.69) is 15.6 Å². The molecule has 0 saturated heterocycles. The van der Waals surface area contributed by atoms with Gasteiger partial charge in [0.1, 0.15) is 0 Å². The maximum atomic E-state index is 13.0. The molecule has 0 spiro atoms. The zero-order valence-corrected chi connectivity index (χ0v) is 17.7. The Hall–Kier alpha value is -2.57. The number of nitro groups is 1. The molecule has 0 atom stereocenters. The molecule has 2 aromatic rings. The van der Waals surface area contributed by atoms with Gasteiger partial charge in [0, 0.05) is 30.0 Å². The molecule has 1 aliphatic heterocycles. The summed E-state index contributed by atoms with van der Waals surface area (Å²) in [6, 6.07) is 5.20. The van der Waals surface area contributed by atoms with E-state index in [9.17, 15) is 23.3 Å². The number of hydrogen-bond acceptors (Lipinski definition) is 7. The number of sulfonamides is 1. The molecule has 2 aliphatic rings. The van der Waals surface area contributed by atoms with Crippen LogP contribution in [0.3, 0.4) is 0 Å². The van der Waals surface area contributed by atoms with Crippen LogP contribution in [-0.4, -0.2) is 41.2 Å². The van der Waals surface area contributed by atoms with Crippen molar-refractivity contribution < 1.29 is 18.1 Å². The highest BCUT2D eigenvalue weighted by atomic mass is 32.2. The fraction of sp³-hybridized carbons (Fsp3) is 0.444. The monoisotopic (exact) mass is 451 g/mol. The van der Waals surface area contributed by atoms with Crippen molar-refractivity contribution in [2.24, 2.45) is 0 Å². The highest BCUT2D eigenvalue weighted by molar-refractivity contribution is 7.89. The Labute approximate surface area is 177 Å². The van der Waals surface area contributed by atoms with Crippen LogP contribution >= 0.6 is 11.3 Å². The first-order valence-corrected chi connectivity index (χ1v) is 11.9. The molecule has 1 aromatic heterocycles. The molecular formula is C18H21N5O5S2. The van der Waals surface area contributed by atoms with Gasteiger partial charge in [0.25, 0.3) is 5.69 Å². The number of fused-ring (bicyclic) bond motifs is 1. The van der Waals surface area contributed by atoms with E-state index in [1.54, 1.807) is 0 Å². The SMILES string of the molecule is O=C(Nc1nc2c(s1)CN(S(=O)(=O)c1ccccc1[N+](=O)[O-])CC2)NC1CCCC1. The summed E-state index contributed by atoms with van der Waals surface area (Å²) >= 11 is 1.22. The normalized spacial score (nSPS) is 17.5. The van der Waals surface area contributed by atoms with Gasteiger partial charge in [-0.25, -0.2) is 18.2 Å². The largest absolute Gasteiger partial charge is 0.335 e. The Kier molecular flexibility index (Phi) is 5.71. The molecule has 2 N–H and O–H groups in total. The second kappa shape index (κ2) is 8.28. The van der Waals surface area contributed by atoms with Crippen molar-refractivity contribution in [3.63, 3.8) is 0 Å². The number of hydrogen-bond donors (Lipinski definition) is 2. The van der Waals surface area contributed by atoms with E-state index in [1.165, 1.54) is 39.9 Å². The molecule has 2 heterocycles. The van der Waals surface area contributed by atoms with E-state index >= 15 is 0 Å². The highest BCUT2D eigenvalue weighted by Crippen LogP contribution is 2.33. The Bertz CT molecular complexity index is 1080. The minimum atomic E-state index is -4.04. The number of nitro benzene ring substituents is 1. The molecule has 30 heavy (non-hydrogen) atoms. The van der Waals surface area contributed by atoms with Crippen molar-refractivity contribution in [3.8, 4) is 0 Å². The van der Waals surface area contributed by atoms with Gasteiger partial charge in [-0.1, -0.05) is 36.3 Å². The lowest BCUT2D eigenvalue weighted by molar-refractivity contribution is -0.387. The first-order valence-electron chi connectivity index (χ1n) is 9.64. The lowest BCUT2D eigenvalue weighted by atomic mass is 10.2. The predicted octanol–water partition coefficient (Wildman–Crippen LogP) is 2.86. The molecule has 1 aromatic carbocycles. The highest BCUT2D eigenvalue weighted by Gasteiger charge is 2.34. The first kappa shape index (κ1) is 20.7. The van der Waals surface area contributed by atoms with Crippen LogP contribution in [0.4, 0.5) is 15.6 Å². The molecule has 0 unspecified atom stereocenters. The maximum Gasteiger partial charge on any atom is 0.321 e. The quantitative estimate of drug-likeness (QED) is 0.530. The summed E-state index contributed by atoms with van der Waals surface area (Å²) < 4.78 is 27.3. The van der Waals surface area contributed by atoms with Crippen LogP contribution in [0.5, 0.6) is 0 Å². The number of amides is 2. The van der Waals surface area contributed by atoms with Crippen LogP contribution in [0, 0.1) is 10.1 Å². The van der Waals surface area contributed by atoms with Crippen LogP contribution < -0.4 is 10.6 Å². The standard InChI is InChI=1S/C18H21N5O5S2/c24-17(19-12-5-1-2-6-12)21-18-20-13-9-10-22(11-15(13)29-18)30(27,28)16-8-4-3-7-14(16)23(25)26/h3-4,7-8,12H,1-2,5-6,9-11H2,(H2,19,20,21,24). The summed E-state index contributed by atoms with van der Waals surface area (Å²) in [6.07, 6.45) is 4.54. The number of nitrogens with zero attached hydrogens (tertiary/aromatic N) is 3. The molecule has 2 amide bonds. The number of thiazole rings is 1. The number of carbonyl (C=O) groups excluding carboxylic acids is 1. The molecule has 1 fully saturated rings. The average molecular weight is 452 g/mol. The van der Waals surface area contributed by atoms with Crippen molar-refractivity contribution in [2.45, 2.75) is 49.6 Å². The van der Waals surface area contributed by atoms with Gasteiger partial charge in [-0.15, -0.1) is 0 Å². The number of carbonyl (C=O) groups is 1. The van der Waals surface area contributed by atoms with E-state index in [1.807, 2.05) is 0 Å². The summed E-state index contributed by atoms with van der Waals surface area (Å²) in [6.45, 7) is 0.228. The van der Waals surface area contributed by atoms with E-state index in [0.29, 0.717) is 11.6 Å². The summed E-state index contributed by atoms with van der Waals surface area (Å²) in [4.78, 5) is 27.5. The van der Waals surface area contributed by atoms with Crippen LogP contribution in [0.2, 0.25) is 0 Å². The summed E-state index contributed by atoms with van der Waals surface area (Å²) in [5, 5.41) is 17.3. The van der Waals surface area contributed by atoms with Crippen molar-refractivity contribution >= 4 is 38.2 Å². The Morgan fingerprint density at radius 3 is 2.73 bits per heavy atom. The van der Waals surface area contributed by atoms with Crippen LogP contribution in [0.25, 0.3) is 0 Å². The van der Waals surface area contributed by atoms with Gasteiger partial charge < -0.3 is 5.32 Å². The van der Waals surface area contributed by atoms with Crippen molar-refractivity contribution in [1.82, 2.24) is 14.6 Å². The second-order valence-corrected chi connectivity index (χ2v) is 10.3. The maximum absolute atomic E-state index is 13.0. The Morgan fingerprint density at radius 1 is 1.27 bits per heavy atom. The van der Waals surface area contributed by atoms with Gasteiger partial charge in [-0.05, 0) is 18.9 Å². The van der Waals surface area contributed by atoms with E-state index in [-0.39, 0.29) is 30.1 Å². The summed E-state index contributed by atoms with van der Waals surface area (Å²) in [7, 11) is -4.04. The molecule has 1 saturated carbocycles. The van der Waals surface area contributed by atoms with E-state index < -0.39 is 20.6 Å². The summed E-state index contributed by atoms with van der Waals surface area (Å²) in [5.74, 6) is 0. The van der Waals surface area contributed by atoms with Gasteiger partial charge in [-0.2, -0.15) is 4.31 Å². The molecule has 0 bridgehead atoms. The number of benzene rings is 1. The van der Waals surface area contributed by atoms with Gasteiger partial charge >= 0.3 is 6.03 Å². The summed E-state index contributed by atoms with van der Waals surface area (Å²) in [5.41, 5.74) is 0.295. The fourth-order valence-corrected chi connectivity index (χ4v) is 6.45. The van der Waals surface area contributed by atoms with Crippen molar-refractivity contribution in [1.29, 1.82) is 0 Å². The molecule has 12 heteroatoms. The molecular weight excluding hydrogens is 430 g/mol. The third-order valence-electron chi connectivity index (χ3n) is 5.29. The average Bonchev–Trinajstić information content (AvgIpc) is 3.36.